The predicted octanol–water partition coefficient (Wildman–Crippen LogP) is 2.61. The first-order valence-corrected chi connectivity index (χ1v) is 13.9. The van der Waals surface area contributed by atoms with E-state index in [4.69, 9.17) is 0 Å². The summed E-state index contributed by atoms with van der Waals surface area (Å²) in [6.07, 6.45) is 8.96. The number of aryl methyl sites for hydroxylation is 2. The fraction of sp³-hybridized carbons (Fsp3) is 0.727. The van der Waals surface area contributed by atoms with Crippen LogP contribution in [0.15, 0.2) is 0 Å². The number of unbranched alkanes of at least 4 members (excludes halogenated alkanes) is 1. The number of nitrogens with zero attached hydrogens (tertiary/aromatic N) is 4. The van der Waals surface area contributed by atoms with Crippen LogP contribution in [0.2, 0.25) is 0 Å². The molecule has 2 aromatic heterocycles. The van der Waals surface area contributed by atoms with Crippen molar-refractivity contribution >= 4 is 44.8 Å². The Labute approximate surface area is 208 Å². The number of rotatable bonds is 11. The number of aromatic nitrogens is 4. The summed E-state index contributed by atoms with van der Waals surface area (Å²) in [6, 6.07) is 0. The highest BCUT2D eigenvalue weighted by Gasteiger charge is 2.19. The number of carbonyl (C=O) groups is 2. The van der Waals surface area contributed by atoms with Gasteiger partial charge in [-0.05, 0) is 76.5 Å². The van der Waals surface area contributed by atoms with Gasteiger partial charge >= 0.3 is 0 Å². The number of nitrogens with one attached hydrogen (secondary N) is 4. The highest BCUT2D eigenvalue weighted by atomic mass is 32.1. The summed E-state index contributed by atoms with van der Waals surface area (Å²) in [5.41, 5.74) is 0. The van der Waals surface area contributed by atoms with E-state index in [9.17, 15) is 9.59 Å². The van der Waals surface area contributed by atoms with Crippen LogP contribution in [-0.2, 0) is 22.4 Å². The van der Waals surface area contributed by atoms with E-state index in [2.05, 4.69) is 41.7 Å². The van der Waals surface area contributed by atoms with Crippen molar-refractivity contribution < 1.29 is 9.59 Å². The number of hydrogen-bond acceptors (Lipinski definition) is 10. The molecule has 2 saturated heterocycles. The van der Waals surface area contributed by atoms with Crippen LogP contribution in [0, 0.1) is 11.8 Å². The zero-order valence-electron chi connectivity index (χ0n) is 19.5. The molecular weight excluding hydrogens is 472 g/mol. The van der Waals surface area contributed by atoms with Crippen LogP contribution in [0.3, 0.4) is 0 Å². The smallest absolute Gasteiger partial charge is 0.226 e. The van der Waals surface area contributed by atoms with Crippen LogP contribution in [0.25, 0.3) is 0 Å². The Morgan fingerprint density at radius 1 is 0.765 bits per heavy atom. The average Bonchev–Trinajstić information content (AvgIpc) is 3.47. The molecule has 1 atom stereocenters. The van der Waals surface area contributed by atoms with Crippen molar-refractivity contribution in [1.82, 2.24) is 31.0 Å². The fourth-order valence-electron chi connectivity index (χ4n) is 4.41. The SMILES string of the molecule is O=C(CC1CCNCC1)Nc1nnc(CCCCc2nnc(NC(=O)CC3CCCNC3)s2)s1. The van der Waals surface area contributed by atoms with E-state index in [-0.39, 0.29) is 11.8 Å². The summed E-state index contributed by atoms with van der Waals surface area (Å²) in [6.45, 7) is 3.95. The topological polar surface area (TPSA) is 134 Å². The Kier molecular flexibility index (Phi) is 9.72. The summed E-state index contributed by atoms with van der Waals surface area (Å²) in [5, 5.41) is 32.1. The average molecular weight is 507 g/mol. The molecule has 2 aliphatic heterocycles. The van der Waals surface area contributed by atoms with Crippen molar-refractivity contribution in [3.8, 4) is 0 Å². The van der Waals surface area contributed by atoms with Gasteiger partial charge in [-0.3, -0.25) is 9.59 Å². The van der Waals surface area contributed by atoms with Gasteiger partial charge in [0, 0.05) is 25.7 Å². The Balaban J connectivity index is 1.11. The molecule has 1 unspecified atom stereocenters. The molecule has 4 heterocycles. The Morgan fingerprint density at radius 2 is 1.35 bits per heavy atom. The quantitative estimate of drug-likeness (QED) is 0.342. The molecule has 2 fully saturated rings. The van der Waals surface area contributed by atoms with Crippen LogP contribution < -0.4 is 21.3 Å². The second-order valence-electron chi connectivity index (χ2n) is 9.12. The van der Waals surface area contributed by atoms with Gasteiger partial charge in [-0.1, -0.05) is 22.7 Å². The molecule has 0 aliphatic carbocycles. The third-order valence-corrected chi connectivity index (χ3v) is 8.06. The Bertz CT molecular complexity index is 847. The van der Waals surface area contributed by atoms with Crippen LogP contribution in [0.4, 0.5) is 10.3 Å². The lowest BCUT2D eigenvalue weighted by Gasteiger charge is -2.21. The summed E-state index contributed by atoms with van der Waals surface area (Å²) >= 11 is 2.90. The first-order chi connectivity index (χ1) is 16.6. The van der Waals surface area contributed by atoms with Gasteiger partial charge in [-0.15, -0.1) is 20.4 Å². The lowest BCUT2D eigenvalue weighted by molar-refractivity contribution is -0.118. The predicted molar refractivity (Wildman–Crippen MR) is 134 cm³/mol. The third-order valence-electron chi connectivity index (χ3n) is 6.26. The summed E-state index contributed by atoms with van der Waals surface area (Å²) in [4.78, 5) is 24.5. The molecule has 34 heavy (non-hydrogen) atoms. The molecule has 2 aliphatic rings. The van der Waals surface area contributed by atoms with E-state index in [0.29, 0.717) is 34.9 Å². The van der Waals surface area contributed by atoms with Gasteiger partial charge in [-0.2, -0.15) is 0 Å². The molecule has 4 rings (SSSR count). The highest BCUT2D eigenvalue weighted by molar-refractivity contribution is 7.15. The van der Waals surface area contributed by atoms with Gasteiger partial charge in [0.25, 0.3) is 0 Å². The normalized spacial score (nSPS) is 19.1. The highest BCUT2D eigenvalue weighted by Crippen LogP contribution is 2.22. The minimum absolute atomic E-state index is 0.0197. The van der Waals surface area contributed by atoms with Gasteiger partial charge in [0.05, 0.1) is 0 Å². The lowest BCUT2D eigenvalue weighted by atomic mass is 9.94. The standard InChI is InChI=1S/C22H34N8O2S2/c31-17(12-15-7-10-23-11-8-15)25-21-29-27-19(33-21)5-1-2-6-20-28-30-22(34-20)26-18(32)13-16-4-3-9-24-14-16/h15-16,23-24H,1-14H2,(H,25,29,31)(H,26,30,32). The first kappa shape index (κ1) is 25.1. The van der Waals surface area contributed by atoms with Crippen molar-refractivity contribution in [1.29, 1.82) is 0 Å². The van der Waals surface area contributed by atoms with Gasteiger partial charge in [-0.25, -0.2) is 0 Å². The van der Waals surface area contributed by atoms with Crippen LogP contribution in [0.1, 0.15) is 61.4 Å². The number of carbonyl (C=O) groups excluding carboxylic acids is 2. The zero-order chi connectivity index (χ0) is 23.6. The minimum atomic E-state index is 0.0197. The molecule has 12 heteroatoms. The van der Waals surface area contributed by atoms with Crippen molar-refractivity contribution in [3.63, 3.8) is 0 Å². The largest absolute Gasteiger partial charge is 0.317 e. The van der Waals surface area contributed by atoms with Crippen LogP contribution in [0.5, 0.6) is 0 Å². The van der Waals surface area contributed by atoms with Gasteiger partial charge < -0.3 is 21.3 Å². The molecule has 0 saturated carbocycles. The van der Waals surface area contributed by atoms with Crippen molar-refractivity contribution in [2.24, 2.45) is 11.8 Å². The molecule has 0 spiro atoms. The minimum Gasteiger partial charge on any atom is -0.317 e. The zero-order valence-corrected chi connectivity index (χ0v) is 21.1. The molecule has 2 amide bonds. The number of anilines is 2. The summed E-state index contributed by atoms with van der Waals surface area (Å²) < 4.78 is 0. The van der Waals surface area contributed by atoms with E-state index in [1.807, 2.05) is 0 Å². The number of hydrogen-bond donors (Lipinski definition) is 4. The number of piperidine rings is 2. The second kappa shape index (κ2) is 13.2. The second-order valence-corrected chi connectivity index (χ2v) is 11.2. The maximum atomic E-state index is 12.2. The van der Waals surface area contributed by atoms with Crippen LogP contribution >= 0.6 is 22.7 Å². The molecular formula is C22H34N8O2S2. The Hall–Kier alpha value is -2.02. The van der Waals surface area contributed by atoms with Gasteiger partial charge in [0.2, 0.25) is 22.1 Å². The Morgan fingerprint density at radius 3 is 1.91 bits per heavy atom. The maximum absolute atomic E-state index is 12.2. The fourth-order valence-corrected chi connectivity index (χ4v) is 6.01. The van der Waals surface area contributed by atoms with E-state index in [1.165, 1.54) is 22.7 Å². The summed E-state index contributed by atoms with van der Waals surface area (Å²) in [7, 11) is 0. The van der Waals surface area contributed by atoms with Gasteiger partial charge in [0.1, 0.15) is 10.0 Å². The van der Waals surface area contributed by atoms with E-state index < -0.39 is 0 Å². The van der Waals surface area contributed by atoms with E-state index >= 15 is 0 Å². The summed E-state index contributed by atoms with van der Waals surface area (Å²) in [5.74, 6) is 0.914. The maximum Gasteiger partial charge on any atom is 0.226 e. The van der Waals surface area contributed by atoms with Crippen molar-refractivity contribution in [2.45, 2.75) is 64.2 Å². The van der Waals surface area contributed by atoms with Gasteiger partial charge in [0.15, 0.2) is 0 Å². The van der Waals surface area contributed by atoms with E-state index in [1.54, 1.807) is 0 Å². The van der Waals surface area contributed by atoms with Crippen LogP contribution in [-0.4, -0.2) is 58.4 Å². The molecule has 10 nitrogen and oxygen atoms in total. The molecule has 2 aromatic rings. The number of amides is 2. The molecule has 0 radical (unpaired) electrons. The molecule has 0 bridgehead atoms. The lowest BCUT2D eigenvalue weighted by Crippen LogP contribution is -2.32. The van der Waals surface area contributed by atoms with Crippen molar-refractivity contribution in [3.05, 3.63) is 10.0 Å². The molecule has 4 N–H and O–H groups in total. The first-order valence-electron chi connectivity index (χ1n) is 12.3. The van der Waals surface area contributed by atoms with Crippen molar-refractivity contribution in [2.75, 3.05) is 36.8 Å². The third kappa shape index (κ3) is 8.33. The monoisotopic (exact) mass is 506 g/mol. The molecule has 186 valence electrons. The molecule has 0 aromatic carbocycles. The van der Waals surface area contributed by atoms with E-state index in [0.717, 1.165) is 87.6 Å².